The molecule has 0 saturated carbocycles. The van der Waals surface area contributed by atoms with Crippen LogP contribution in [0.4, 0.5) is 0 Å². The number of carbonyl (C=O) groups excluding carboxylic acids is 1. The maximum Gasteiger partial charge on any atom is 0.335 e. The summed E-state index contributed by atoms with van der Waals surface area (Å²) >= 11 is 0. The van der Waals surface area contributed by atoms with Crippen LogP contribution in [0.1, 0.15) is 27.1 Å². The van der Waals surface area contributed by atoms with E-state index >= 15 is 0 Å². The molecule has 2 rings (SSSR count). The van der Waals surface area contributed by atoms with E-state index < -0.39 is 5.97 Å². The molecule has 5 nitrogen and oxygen atoms in total. The molecule has 1 aliphatic rings. The quantitative estimate of drug-likeness (QED) is 0.893. The lowest BCUT2D eigenvalue weighted by Crippen LogP contribution is -2.29. The number of carboxylic acids is 1. The van der Waals surface area contributed by atoms with Crippen LogP contribution in [0.2, 0.25) is 0 Å². The number of rotatable bonds is 4. The molecule has 1 heterocycles. The molecule has 0 radical (unpaired) electrons. The molecule has 0 spiro atoms. The van der Waals surface area contributed by atoms with Gasteiger partial charge in [-0.05, 0) is 24.6 Å². The SMILES string of the molecule is COCC1CCN(C(=O)c2cccc(C(=O)O)c2)C1. The van der Waals surface area contributed by atoms with E-state index in [4.69, 9.17) is 9.84 Å². The molecule has 0 bridgehead atoms. The summed E-state index contributed by atoms with van der Waals surface area (Å²) in [5, 5.41) is 8.93. The zero-order valence-corrected chi connectivity index (χ0v) is 10.8. The molecule has 1 fully saturated rings. The van der Waals surface area contributed by atoms with Gasteiger partial charge in [0, 0.05) is 31.7 Å². The molecular weight excluding hydrogens is 246 g/mol. The van der Waals surface area contributed by atoms with Gasteiger partial charge in [0.05, 0.1) is 12.2 Å². The standard InChI is InChI=1S/C14H17NO4/c1-19-9-10-5-6-15(8-10)13(16)11-3-2-4-12(7-11)14(17)18/h2-4,7,10H,5-6,8-9H2,1H3,(H,17,18). The first-order valence-electron chi connectivity index (χ1n) is 6.23. The molecule has 1 aromatic rings. The normalized spacial score (nSPS) is 18.6. The lowest BCUT2D eigenvalue weighted by atomic mass is 10.1. The van der Waals surface area contributed by atoms with Gasteiger partial charge in [-0.3, -0.25) is 4.79 Å². The van der Waals surface area contributed by atoms with Crippen molar-refractivity contribution >= 4 is 11.9 Å². The summed E-state index contributed by atoms with van der Waals surface area (Å²) in [5.41, 5.74) is 0.566. The van der Waals surface area contributed by atoms with Crippen molar-refractivity contribution in [3.8, 4) is 0 Å². The first-order chi connectivity index (χ1) is 9.11. The average Bonchev–Trinajstić information content (AvgIpc) is 2.87. The Bertz CT molecular complexity index is 486. The molecule has 1 saturated heterocycles. The topological polar surface area (TPSA) is 66.8 Å². The second-order valence-electron chi connectivity index (χ2n) is 4.75. The van der Waals surface area contributed by atoms with Crippen molar-refractivity contribution in [2.24, 2.45) is 5.92 Å². The van der Waals surface area contributed by atoms with Gasteiger partial charge in [0.15, 0.2) is 0 Å². The number of carboxylic acid groups (broad SMARTS) is 1. The molecule has 0 aliphatic carbocycles. The van der Waals surface area contributed by atoms with E-state index in [1.807, 2.05) is 0 Å². The van der Waals surface area contributed by atoms with Crippen LogP contribution in [0.3, 0.4) is 0 Å². The van der Waals surface area contributed by atoms with Crippen molar-refractivity contribution in [2.45, 2.75) is 6.42 Å². The molecule has 1 aliphatic heterocycles. The third-order valence-electron chi connectivity index (χ3n) is 3.33. The number of nitrogens with zero attached hydrogens (tertiary/aromatic N) is 1. The van der Waals surface area contributed by atoms with Gasteiger partial charge in [-0.2, -0.15) is 0 Å². The number of likely N-dealkylation sites (tertiary alicyclic amines) is 1. The lowest BCUT2D eigenvalue weighted by Gasteiger charge is -2.16. The van der Waals surface area contributed by atoms with Crippen LogP contribution in [0.15, 0.2) is 24.3 Å². The van der Waals surface area contributed by atoms with E-state index in [2.05, 4.69) is 0 Å². The summed E-state index contributed by atoms with van der Waals surface area (Å²) in [5.74, 6) is -0.758. The average molecular weight is 263 g/mol. The molecule has 0 aromatic heterocycles. The second kappa shape index (κ2) is 5.84. The van der Waals surface area contributed by atoms with Gasteiger partial charge in [0.2, 0.25) is 0 Å². The van der Waals surface area contributed by atoms with E-state index in [1.54, 1.807) is 24.1 Å². The van der Waals surface area contributed by atoms with Crippen molar-refractivity contribution < 1.29 is 19.4 Å². The highest BCUT2D eigenvalue weighted by Crippen LogP contribution is 2.19. The van der Waals surface area contributed by atoms with Gasteiger partial charge in [0.1, 0.15) is 0 Å². The minimum Gasteiger partial charge on any atom is -0.478 e. The number of amides is 1. The van der Waals surface area contributed by atoms with Gasteiger partial charge in [-0.25, -0.2) is 4.79 Å². The van der Waals surface area contributed by atoms with E-state index in [1.165, 1.54) is 12.1 Å². The Kier molecular flexibility index (Phi) is 4.16. The van der Waals surface area contributed by atoms with E-state index in [9.17, 15) is 9.59 Å². The maximum atomic E-state index is 12.3. The number of methoxy groups -OCH3 is 1. The van der Waals surface area contributed by atoms with Crippen molar-refractivity contribution in [3.05, 3.63) is 35.4 Å². The van der Waals surface area contributed by atoms with Crippen LogP contribution in [-0.4, -0.2) is 48.7 Å². The van der Waals surface area contributed by atoms with Gasteiger partial charge >= 0.3 is 5.97 Å². The number of carbonyl (C=O) groups is 2. The summed E-state index contributed by atoms with van der Waals surface area (Å²) in [6.45, 7) is 2.02. The van der Waals surface area contributed by atoms with E-state index in [-0.39, 0.29) is 11.5 Å². The Morgan fingerprint density at radius 2 is 2.16 bits per heavy atom. The fraction of sp³-hybridized carbons (Fsp3) is 0.429. The minimum atomic E-state index is -1.02. The molecule has 5 heteroatoms. The predicted molar refractivity (Wildman–Crippen MR) is 69.3 cm³/mol. The van der Waals surface area contributed by atoms with E-state index in [0.29, 0.717) is 31.2 Å². The summed E-state index contributed by atoms with van der Waals surface area (Å²) in [4.78, 5) is 24.9. The first-order valence-corrected chi connectivity index (χ1v) is 6.23. The second-order valence-corrected chi connectivity index (χ2v) is 4.75. The summed E-state index contributed by atoms with van der Waals surface area (Å²) < 4.78 is 5.09. The van der Waals surface area contributed by atoms with Crippen molar-refractivity contribution in [1.82, 2.24) is 4.90 Å². The zero-order valence-electron chi connectivity index (χ0n) is 10.8. The molecule has 1 atom stereocenters. The first kappa shape index (κ1) is 13.5. The third kappa shape index (κ3) is 3.12. The number of hydrogen-bond donors (Lipinski definition) is 1. The molecule has 19 heavy (non-hydrogen) atoms. The Morgan fingerprint density at radius 1 is 1.42 bits per heavy atom. The van der Waals surface area contributed by atoms with Crippen LogP contribution in [-0.2, 0) is 4.74 Å². The van der Waals surface area contributed by atoms with Crippen molar-refractivity contribution in [2.75, 3.05) is 26.8 Å². The van der Waals surface area contributed by atoms with Crippen molar-refractivity contribution in [1.29, 1.82) is 0 Å². The molecule has 1 N–H and O–H groups in total. The predicted octanol–water partition coefficient (Wildman–Crippen LogP) is 1.49. The minimum absolute atomic E-state index is 0.110. The van der Waals surface area contributed by atoms with Gasteiger partial charge < -0.3 is 14.7 Å². The van der Waals surface area contributed by atoms with E-state index in [0.717, 1.165) is 6.42 Å². The molecular formula is C14H17NO4. The van der Waals surface area contributed by atoms with Crippen LogP contribution in [0, 0.1) is 5.92 Å². The van der Waals surface area contributed by atoms with Crippen molar-refractivity contribution in [3.63, 3.8) is 0 Å². The zero-order chi connectivity index (χ0) is 13.8. The fourth-order valence-corrected chi connectivity index (χ4v) is 2.36. The summed E-state index contributed by atoms with van der Waals surface area (Å²) in [6, 6.07) is 6.16. The smallest absolute Gasteiger partial charge is 0.335 e. The number of hydrogen-bond acceptors (Lipinski definition) is 3. The summed E-state index contributed by atoms with van der Waals surface area (Å²) in [7, 11) is 1.65. The number of ether oxygens (including phenoxy) is 1. The van der Waals surface area contributed by atoms with Crippen LogP contribution in [0.25, 0.3) is 0 Å². The molecule has 1 aromatic carbocycles. The van der Waals surface area contributed by atoms with Crippen LogP contribution in [0.5, 0.6) is 0 Å². The maximum absolute atomic E-state index is 12.3. The Morgan fingerprint density at radius 3 is 2.84 bits per heavy atom. The highest BCUT2D eigenvalue weighted by Gasteiger charge is 2.27. The third-order valence-corrected chi connectivity index (χ3v) is 3.33. The largest absolute Gasteiger partial charge is 0.478 e. The highest BCUT2D eigenvalue weighted by atomic mass is 16.5. The van der Waals surface area contributed by atoms with Gasteiger partial charge in [0.25, 0.3) is 5.91 Å². The Hall–Kier alpha value is -1.88. The Balaban J connectivity index is 2.08. The number of aromatic carboxylic acids is 1. The van der Waals surface area contributed by atoms with Gasteiger partial charge in [-0.15, -0.1) is 0 Å². The molecule has 102 valence electrons. The van der Waals surface area contributed by atoms with Gasteiger partial charge in [-0.1, -0.05) is 6.07 Å². The Labute approximate surface area is 111 Å². The highest BCUT2D eigenvalue weighted by molar-refractivity contribution is 5.97. The van der Waals surface area contributed by atoms with Crippen LogP contribution >= 0.6 is 0 Å². The number of benzene rings is 1. The molecule has 1 amide bonds. The molecule has 1 unspecified atom stereocenters. The monoisotopic (exact) mass is 263 g/mol. The summed E-state index contributed by atoms with van der Waals surface area (Å²) in [6.07, 6.45) is 0.929. The fourth-order valence-electron chi connectivity index (χ4n) is 2.36. The lowest BCUT2D eigenvalue weighted by molar-refractivity contribution is 0.0697. The van der Waals surface area contributed by atoms with Crippen LogP contribution < -0.4 is 0 Å².